The van der Waals surface area contributed by atoms with Gasteiger partial charge in [-0.15, -0.1) is 0 Å². The van der Waals surface area contributed by atoms with Gasteiger partial charge in [0.15, 0.2) is 5.69 Å². The van der Waals surface area contributed by atoms with E-state index in [0.717, 1.165) is 14.7 Å². The van der Waals surface area contributed by atoms with Gasteiger partial charge in [-0.2, -0.15) is 15.0 Å². The summed E-state index contributed by atoms with van der Waals surface area (Å²) in [6.45, 7) is 2.33. The fraction of sp³-hybridized carbons (Fsp3) is 0.0909. The number of carbonyl (C=O) groups is 1. The highest BCUT2D eigenvalue weighted by Crippen LogP contribution is 2.18. The molecule has 0 unspecified atom stereocenters. The summed E-state index contributed by atoms with van der Waals surface area (Å²) in [5, 5.41) is 23.2. The van der Waals surface area contributed by atoms with E-state index >= 15 is 0 Å². The van der Waals surface area contributed by atoms with Gasteiger partial charge in [0.25, 0.3) is 5.56 Å². The van der Waals surface area contributed by atoms with Crippen LogP contribution < -0.4 is 10.3 Å². The van der Waals surface area contributed by atoms with Crippen molar-refractivity contribution in [3.8, 4) is 17.5 Å². The number of nitriles is 1. The first-order valence-electron chi connectivity index (χ1n) is 8.92. The Labute approximate surface area is 180 Å². The van der Waals surface area contributed by atoms with E-state index in [1.165, 1.54) is 6.08 Å². The molecule has 0 radical (unpaired) electrons. The molecule has 0 aliphatic carbocycles. The van der Waals surface area contributed by atoms with Gasteiger partial charge in [0.1, 0.15) is 17.4 Å². The second kappa shape index (κ2) is 9.20. The lowest BCUT2D eigenvalue weighted by molar-refractivity contribution is 0.0688. The van der Waals surface area contributed by atoms with Gasteiger partial charge in [0, 0.05) is 10.0 Å². The molecule has 1 aromatic heterocycles. The average molecular weight is 466 g/mol. The third kappa shape index (κ3) is 4.47. The maximum Gasteiger partial charge on any atom is 0.357 e. The van der Waals surface area contributed by atoms with Gasteiger partial charge in [0.2, 0.25) is 0 Å². The SMILES string of the molecule is CCOc1ccc(-n2nc(C(=O)O)c(/C=C\c3ccc(Br)cc3)c(C#N)c2=O)cc1. The summed E-state index contributed by atoms with van der Waals surface area (Å²) >= 11 is 3.34. The average Bonchev–Trinajstić information content (AvgIpc) is 2.74. The maximum atomic E-state index is 12.9. The van der Waals surface area contributed by atoms with Crippen LogP contribution in [0.15, 0.2) is 57.8 Å². The van der Waals surface area contributed by atoms with Crippen LogP contribution >= 0.6 is 15.9 Å². The number of nitrogens with zero attached hydrogens (tertiary/aromatic N) is 3. The molecule has 7 nitrogen and oxygen atoms in total. The van der Waals surface area contributed by atoms with Crippen molar-refractivity contribution in [3.63, 3.8) is 0 Å². The monoisotopic (exact) mass is 465 g/mol. The number of hydrogen-bond acceptors (Lipinski definition) is 5. The second-order valence-electron chi connectivity index (χ2n) is 6.08. The molecule has 30 heavy (non-hydrogen) atoms. The third-order valence-corrected chi connectivity index (χ3v) is 4.68. The van der Waals surface area contributed by atoms with E-state index in [-0.39, 0.29) is 11.1 Å². The normalized spacial score (nSPS) is 10.7. The standard InChI is InChI=1S/C22H16BrN3O4/c1-2-30-17-10-8-16(9-11-17)26-21(27)19(13-24)18(20(25-26)22(28)29)12-5-14-3-6-15(23)7-4-14/h3-12H,2H2,1H3,(H,28,29)/b12-5-. The smallest absolute Gasteiger partial charge is 0.357 e. The van der Waals surface area contributed by atoms with Crippen LogP contribution in [0.25, 0.3) is 17.8 Å². The van der Waals surface area contributed by atoms with Crippen LogP contribution in [0, 0.1) is 11.3 Å². The molecule has 0 amide bonds. The van der Waals surface area contributed by atoms with E-state index < -0.39 is 17.2 Å². The van der Waals surface area contributed by atoms with E-state index in [0.29, 0.717) is 18.0 Å². The zero-order chi connectivity index (χ0) is 21.7. The minimum atomic E-state index is -1.35. The van der Waals surface area contributed by atoms with Crippen LogP contribution in [0.5, 0.6) is 5.75 Å². The third-order valence-electron chi connectivity index (χ3n) is 4.15. The van der Waals surface area contributed by atoms with E-state index in [1.54, 1.807) is 30.3 Å². The molecule has 0 aliphatic rings. The Kier molecular flexibility index (Phi) is 6.45. The predicted molar refractivity (Wildman–Crippen MR) is 116 cm³/mol. The molecule has 0 atom stereocenters. The van der Waals surface area contributed by atoms with Crippen LogP contribution in [0.2, 0.25) is 0 Å². The second-order valence-corrected chi connectivity index (χ2v) is 7.00. The van der Waals surface area contributed by atoms with Crippen LogP contribution in [0.4, 0.5) is 0 Å². The molecular formula is C22H16BrN3O4. The highest BCUT2D eigenvalue weighted by Gasteiger charge is 2.21. The number of ether oxygens (including phenoxy) is 1. The summed E-state index contributed by atoms with van der Waals surface area (Å²) in [6, 6.07) is 15.5. The fourth-order valence-corrected chi connectivity index (χ4v) is 3.01. The first-order valence-corrected chi connectivity index (χ1v) is 9.71. The molecule has 0 bridgehead atoms. The molecule has 2 aromatic carbocycles. The lowest BCUT2D eigenvalue weighted by Crippen LogP contribution is -2.28. The zero-order valence-electron chi connectivity index (χ0n) is 15.9. The van der Waals surface area contributed by atoms with E-state index in [9.17, 15) is 20.0 Å². The molecule has 0 saturated heterocycles. The van der Waals surface area contributed by atoms with Crippen LogP contribution in [-0.4, -0.2) is 27.5 Å². The number of rotatable bonds is 6. The molecule has 150 valence electrons. The van der Waals surface area contributed by atoms with Gasteiger partial charge >= 0.3 is 5.97 Å². The van der Waals surface area contributed by atoms with Crippen LogP contribution in [0.3, 0.4) is 0 Å². The van der Waals surface area contributed by atoms with Crippen molar-refractivity contribution >= 4 is 34.1 Å². The lowest BCUT2D eigenvalue weighted by Gasteiger charge is -2.10. The van der Waals surface area contributed by atoms with Crippen molar-refractivity contribution in [2.24, 2.45) is 0 Å². The Morgan fingerprint density at radius 1 is 1.20 bits per heavy atom. The topological polar surface area (TPSA) is 105 Å². The van der Waals surface area contributed by atoms with Crippen molar-refractivity contribution in [2.75, 3.05) is 6.61 Å². The number of carboxylic acids is 1. The minimum Gasteiger partial charge on any atom is -0.494 e. The molecule has 0 spiro atoms. The van der Waals surface area contributed by atoms with Gasteiger partial charge in [0.05, 0.1) is 12.3 Å². The van der Waals surface area contributed by atoms with E-state index in [2.05, 4.69) is 21.0 Å². The molecule has 1 N–H and O–H groups in total. The molecule has 0 fully saturated rings. The molecule has 0 aliphatic heterocycles. The molecular weight excluding hydrogens is 450 g/mol. The van der Waals surface area contributed by atoms with Gasteiger partial charge in [-0.05, 0) is 48.9 Å². The van der Waals surface area contributed by atoms with Crippen molar-refractivity contribution in [1.29, 1.82) is 5.26 Å². The number of hydrogen-bond donors (Lipinski definition) is 1. The Morgan fingerprint density at radius 2 is 1.87 bits per heavy atom. The molecule has 3 rings (SSSR count). The Morgan fingerprint density at radius 3 is 2.43 bits per heavy atom. The van der Waals surface area contributed by atoms with Crippen molar-refractivity contribution < 1.29 is 14.6 Å². The number of aromatic carboxylic acids is 1. The number of carboxylic acid groups (broad SMARTS) is 1. The Balaban J connectivity index is 2.13. The quantitative estimate of drug-likeness (QED) is 0.586. The van der Waals surface area contributed by atoms with Gasteiger partial charge in [-0.25, -0.2) is 4.79 Å². The van der Waals surface area contributed by atoms with E-state index in [4.69, 9.17) is 4.74 Å². The molecule has 3 aromatic rings. The van der Waals surface area contributed by atoms with Gasteiger partial charge in [-0.1, -0.05) is 40.2 Å². The number of benzene rings is 2. The predicted octanol–water partition coefficient (Wildman–Crippen LogP) is 4.13. The van der Waals surface area contributed by atoms with Crippen molar-refractivity contribution in [1.82, 2.24) is 9.78 Å². The number of aromatic nitrogens is 2. The largest absolute Gasteiger partial charge is 0.494 e. The summed E-state index contributed by atoms with van der Waals surface area (Å²) in [6.07, 6.45) is 3.04. The molecule has 0 saturated carbocycles. The maximum absolute atomic E-state index is 12.9. The Hall–Kier alpha value is -3.70. The first kappa shape index (κ1) is 21.0. The highest BCUT2D eigenvalue weighted by molar-refractivity contribution is 9.10. The summed E-state index contributed by atoms with van der Waals surface area (Å²) in [7, 11) is 0. The summed E-state index contributed by atoms with van der Waals surface area (Å²) in [5.74, 6) is -0.746. The van der Waals surface area contributed by atoms with Crippen LogP contribution in [0.1, 0.15) is 34.1 Å². The summed E-state index contributed by atoms with van der Waals surface area (Å²) in [5.41, 5.74) is -0.347. The summed E-state index contributed by atoms with van der Waals surface area (Å²) < 4.78 is 7.17. The Bertz CT molecular complexity index is 1210. The minimum absolute atomic E-state index is 0.0416. The first-order chi connectivity index (χ1) is 14.4. The van der Waals surface area contributed by atoms with Crippen molar-refractivity contribution in [3.05, 3.63) is 85.7 Å². The highest BCUT2D eigenvalue weighted by atomic mass is 79.9. The fourth-order valence-electron chi connectivity index (χ4n) is 2.75. The summed E-state index contributed by atoms with van der Waals surface area (Å²) in [4.78, 5) is 24.7. The van der Waals surface area contributed by atoms with Gasteiger partial charge in [-0.3, -0.25) is 4.79 Å². The number of halogens is 1. The van der Waals surface area contributed by atoms with E-state index in [1.807, 2.05) is 37.3 Å². The molecule has 1 heterocycles. The van der Waals surface area contributed by atoms with Gasteiger partial charge < -0.3 is 9.84 Å². The lowest BCUT2D eigenvalue weighted by atomic mass is 10.1. The van der Waals surface area contributed by atoms with Crippen LogP contribution in [-0.2, 0) is 0 Å². The molecule has 8 heteroatoms. The zero-order valence-corrected chi connectivity index (χ0v) is 17.5. The van der Waals surface area contributed by atoms with Crippen molar-refractivity contribution in [2.45, 2.75) is 6.92 Å².